The van der Waals surface area contributed by atoms with Gasteiger partial charge in [0, 0.05) is 22.3 Å². The summed E-state index contributed by atoms with van der Waals surface area (Å²) >= 11 is 3.18. The van der Waals surface area contributed by atoms with Gasteiger partial charge in [0.05, 0.1) is 18.7 Å². The van der Waals surface area contributed by atoms with Crippen LogP contribution in [-0.2, 0) is 9.53 Å². The first kappa shape index (κ1) is 16.5. The maximum absolute atomic E-state index is 14.2. The second-order valence-electron chi connectivity index (χ2n) is 4.78. The van der Waals surface area contributed by atoms with Gasteiger partial charge < -0.3 is 10.1 Å². The SMILES string of the molecule is CCN1C(=O)N[C@@H](c2ccc(Br)cc2F)C(C(=O)OC)=C1C. The largest absolute Gasteiger partial charge is 0.466 e. The smallest absolute Gasteiger partial charge is 0.337 e. The van der Waals surface area contributed by atoms with Crippen molar-refractivity contribution in [3.05, 3.63) is 45.3 Å². The molecule has 118 valence electrons. The first-order chi connectivity index (χ1) is 10.4. The van der Waals surface area contributed by atoms with Crippen molar-refractivity contribution in [3.8, 4) is 0 Å². The molecule has 0 aliphatic carbocycles. The van der Waals surface area contributed by atoms with Crippen LogP contribution in [0.2, 0.25) is 0 Å². The van der Waals surface area contributed by atoms with Gasteiger partial charge in [0.25, 0.3) is 0 Å². The van der Waals surface area contributed by atoms with Crippen molar-refractivity contribution >= 4 is 27.9 Å². The van der Waals surface area contributed by atoms with Crippen LogP contribution in [0.15, 0.2) is 33.9 Å². The van der Waals surface area contributed by atoms with Crippen LogP contribution >= 0.6 is 15.9 Å². The minimum absolute atomic E-state index is 0.215. The van der Waals surface area contributed by atoms with Crippen LogP contribution in [0.25, 0.3) is 0 Å². The van der Waals surface area contributed by atoms with E-state index in [0.717, 1.165) is 0 Å². The predicted octanol–water partition coefficient (Wildman–Crippen LogP) is 3.12. The summed E-state index contributed by atoms with van der Waals surface area (Å²) in [5, 5.41) is 2.66. The van der Waals surface area contributed by atoms with E-state index in [1.165, 1.54) is 24.1 Å². The molecular formula is C15H16BrFN2O3. The number of ether oxygens (including phenoxy) is 1. The molecule has 1 heterocycles. The van der Waals surface area contributed by atoms with Crippen LogP contribution in [0, 0.1) is 5.82 Å². The summed E-state index contributed by atoms with van der Waals surface area (Å²) in [6.45, 7) is 3.84. The number of benzene rings is 1. The fraction of sp³-hybridized carbons (Fsp3) is 0.333. The molecule has 2 rings (SSSR count). The molecule has 22 heavy (non-hydrogen) atoms. The molecule has 5 nitrogen and oxygen atoms in total. The molecule has 1 aromatic rings. The van der Waals surface area contributed by atoms with Gasteiger partial charge >= 0.3 is 12.0 Å². The zero-order valence-corrected chi connectivity index (χ0v) is 14.0. The Morgan fingerprint density at radius 3 is 2.73 bits per heavy atom. The lowest BCUT2D eigenvalue weighted by molar-refractivity contribution is -0.136. The van der Waals surface area contributed by atoms with Gasteiger partial charge in [0.2, 0.25) is 0 Å². The van der Waals surface area contributed by atoms with E-state index in [2.05, 4.69) is 21.2 Å². The highest BCUT2D eigenvalue weighted by molar-refractivity contribution is 9.10. The Labute approximate surface area is 136 Å². The van der Waals surface area contributed by atoms with Gasteiger partial charge in [-0.05, 0) is 26.0 Å². The van der Waals surface area contributed by atoms with Gasteiger partial charge in [-0.3, -0.25) is 4.90 Å². The third-order valence-corrected chi connectivity index (χ3v) is 4.08. The summed E-state index contributed by atoms with van der Waals surface area (Å²) in [5.74, 6) is -1.11. The topological polar surface area (TPSA) is 58.6 Å². The molecule has 1 aliphatic rings. The first-order valence-corrected chi connectivity index (χ1v) is 7.52. The number of hydrogen-bond donors (Lipinski definition) is 1. The number of nitrogens with zero attached hydrogens (tertiary/aromatic N) is 1. The second-order valence-corrected chi connectivity index (χ2v) is 5.70. The number of carbonyl (C=O) groups excluding carboxylic acids is 2. The maximum atomic E-state index is 14.2. The number of methoxy groups -OCH3 is 1. The minimum atomic E-state index is -0.879. The molecule has 0 saturated heterocycles. The zero-order chi connectivity index (χ0) is 16.4. The van der Waals surface area contributed by atoms with Crippen molar-refractivity contribution < 1.29 is 18.7 Å². The summed E-state index contributed by atoms with van der Waals surface area (Å²) in [7, 11) is 1.25. The summed E-state index contributed by atoms with van der Waals surface area (Å²) in [6.07, 6.45) is 0. The number of urea groups is 1. The van der Waals surface area contributed by atoms with Crippen molar-refractivity contribution in [1.82, 2.24) is 10.2 Å². The van der Waals surface area contributed by atoms with E-state index < -0.39 is 17.8 Å². The van der Waals surface area contributed by atoms with Crippen molar-refractivity contribution in [2.24, 2.45) is 0 Å². The molecule has 1 aliphatic heterocycles. The molecule has 1 atom stereocenters. The number of nitrogens with one attached hydrogen (secondary N) is 1. The summed E-state index contributed by atoms with van der Waals surface area (Å²) in [6, 6.07) is 3.22. The van der Waals surface area contributed by atoms with Crippen LogP contribution in [0.1, 0.15) is 25.5 Å². The predicted molar refractivity (Wildman–Crippen MR) is 82.5 cm³/mol. The Morgan fingerprint density at radius 1 is 1.50 bits per heavy atom. The van der Waals surface area contributed by atoms with Gasteiger partial charge in [0.1, 0.15) is 5.82 Å². The number of esters is 1. The molecule has 1 aromatic carbocycles. The zero-order valence-electron chi connectivity index (χ0n) is 12.4. The van der Waals surface area contributed by atoms with Gasteiger partial charge in [-0.1, -0.05) is 22.0 Å². The summed E-state index contributed by atoms with van der Waals surface area (Å²) in [5.41, 5.74) is 0.905. The summed E-state index contributed by atoms with van der Waals surface area (Å²) < 4.78 is 19.6. The molecule has 0 bridgehead atoms. The van der Waals surface area contributed by atoms with Crippen LogP contribution in [0.3, 0.4) is 0 Å². The van der Waals surface area contributed by atoms with E-state index >= 15 is 0 Å². The van der Waals surface area contributed by atoms with E-state index in [-0.39, 0.29) is 17.2 Å². The van der Waals surface area contributed by atoms with Crippen LogP contribution < -0.4 is 5.32 Å². The van der Waals surface area contributed by atoms with E-state index in [1.807, 2.05) is 0 Å². The average molecular weight is 371 g/mol. The number of allylic oxidation sites excluding steroid dienone is 1. The van der Waals surface area contributed by atoms with E-state index in [1.54, 1.807) is 19.9 Å². The normalized spacial score (nSPS) is 18.3. The standard InChI is InChI=1S/C15H16BrFN2O3/c1-4-19-8(2)12(14(20)22-3)13(18-15(19)21)10-6-5-9(16)7-11(10)17/h5-7,13H,4H2,1-3H3,(H,18,21)/t13-/m0/s1. The van der Waals surface area contributed by atoms with Crippen molar-refractivity contribution in [2.45, 2.75) is 19.9 Å². The van der Waals surface area contributed by atoms with Crippen LogP contribution in [0.5, 0.6) is 0 Å². The summed E-state index contributed by atoms with van der Waals surface area (Å²) in [4.78, 5) is 25.7. The van der Waals surface area contributed by atoms with E-state index in [0.29, 0.717) is 16.7 Å². The van der Waals surface area contributed by atoms with Crippen molar-refractivity contribution in [2.75, 3.05) is 13.7 Å². The molecule has 0 radical (unpaired) electrons. The van der Waals surface area contributed by atoms with Gasteiger partial charge in [-0.2, -0.15) is 0 Å². The number of carbonyl (C=O) groups is 2. The quantitative estimate of drug-likeness (QED) is 0.831. The van der Waals surface area contributed by atoms with E-state index in [9.17, 15) is 14.0 Å². The highest BCUT2D eigenvalue weighted by Gasteiger charge is 2.36. The monoisotopic (exact) mass is 370 g/mol. The fourth-order valence-corrected chi connectivity index (χ4v) is 2.84. The average Bonchev–Trinajstić information content (AvgIpc) is 2.46. The number of halogens is 2. The van der Waals surface area contributed by atoms with Gasteiger partial charge in [-0.25, -0.2) is 14.0 Å². The molecule has 0 aromatic heterocycles. The molecule has 1 N–H and O–H groups in total. The first-order valence-electron chi connectivity index (χ1n) is 6.72. The number of hydrogen-bond acceptors (Lipinski definition) is 3. The molecule has 7 heteroatoms. The molecule has 2 amide bonds. The highest BCUT2D eigenvalue weighted by atomic mass is 79.9. The van der Waals surface area contributed by atoms with Gasteiger partial charge in [-0.15, -0.1) is 0 Å². The van der Waals surface area contributed by atoms with Gasteiger partial charge in [0.15, 0.2) is 0 Å². The number of rotatable bonds is 3. The maximum Gasteiger partial charge on any atom is 0.337 e. The van der Waals surface area contributed by atoms with Crippen molar-refractivity contribution in [3.63, 3.8) is 0 Å². The Bertz CT molecular complexity index is 660. The second kappa shape index (κ2) is 6.48. The Morgan fingerprint density at radius 2 is 2.18 bits per heavy atom. The lowest BCUT2D eigenvalue weighted by atomic mass is 9.94. The Balaban J connectivity index is 2.60. The third-order valence-electron chi connectivity index (χ3n) is 3.59. The lowest BCUT2D eigenvalue weighted by Gasteiger charge is -2.34. The third kappa shape index (κ3) is 2.85. The Kier molecular flexibility index (Phi) is 4.85. The molecule has 0 saturated carbocycles. The lowest BCUT2D eigenvalue weighted by Crippen LogP contribution is -2.48. The van der Waals surface area contributed by atoms with E-state index in [4.69, 9.17) is 4.74 Å². The van der Waals surface area contributed by atoms with Crippen molar-refractivity contribution in [1.29, 1.82) is 0 Å². The van der Waals surface area contributed by atoms with Crippen LogP contribution in [-0.4, -0.2) is 30.6 Å². The van der Waals surface area contributed by atoms with Crippen LogP contribution in [0.4, 0.5) is 9.18 Å². The fourth-order valence-electron chi connectivity index (χ4n) is 2.51. The minimum Gasteiger partial charge on any atom is -0.466 e. The molecule has 0 unspecified atom stereocenters. The number of amides is 2. The molecule has 0 spiro atoms. The Hall–Kier alpha value is -1.89. The molecular weight excluding hydrogens is 355 g/mol. The molecule has 0 fully saturated rings. The highest BCUT2D eigenvalue weighted by Crippen LogP contribution is 2.33.